The van der Waals surface area contributed by atoms with Crippen LogP contribution in [0.3, 0.4) is 0 Å². The maximum absolute atomic E-state index is 4.56. The van der Waals surface area contributed by atoms with Gasteiger partial charge in [-0.25, -0.2) is 4.98 Å². The topological polar surface area (TPSA) is 16.1 Å². The zero-order valence-electron chi connectivity index (χ0n) is 8.41. The van der Waals surface area contributed by atoms with Crippen LogP contribution in [0, 0.1) is 6.92 Å². The summed E-state index contributed by atoms with van der Waals surface area (Å²) in [5, 5.41) is 1.04. The molecule has 2 nitrogen and oxygen atoms in total. The molecule has 0 bridgehead atoms. The summed E-state index contributed by atoms with van der Waals surface area (Å²) in [5.41, 5.74) is 1.10. The Morgan fingerprint density at radius 3 is 3.14 bits per heavy atom. The summed E-state index contributed by atoms with van der Waals surface area (Å²) in [6.45, 7) is 3.19. The number of nitrogens with zero attached hydrogens (tertiary/aromatic N) is 2. The fourth-order valence-electron chi connectivity index (χ4n) is 1.99. The molecule has 1 aliphatic rings. The van der Waals surface area contributed by atoms with Gasteiger partial charge in [0.2, 0.25) is 0 Å². The Morgan fingerprint density at radius 1 is 1.57 bits per heavy atom. The minimum Gasteiger partial charge on any atom is -0.353 e. The molecule has 1 aliphatic heterocycles. The Hall–Kier alpha value is -0.570. The Labute approximate surface area is 93.5 Å². The van der Waals surface area contributed by atoms with Crippen LogP contribution in [0.1, 0.15) is 18.5 Å². The largest absolute Gasteiger partial charge is 0.353 e. The highest BCUT2D eigenvalue weighted by molar-refractivity contribution is 9.09. The van der Waals surface area contributed by atoms with Crippen LogP contribution in [0.2, 0.25) is 0 Å². The number of aromatic nitrogens is 1. The molecular weight excluding hydrogens is 240 g/mol. The molecule has 1 aromatic heterocycles. The van der Waals surface area contributed by atoms with E-state index in [1.165, 1.54) is 12.8 Å². The van der Waals surface area contributed by atoms with Gasteiger partial charge in [0.25, 0.3) is 0 Å². The molecule has 0 aromatic carbocycles. The van der Waals surface area contributed by atoms with Gasteiger partial charge in [-0.05, 0) is 31.9 Å². The highest BCUT2D eigenvalue weighted by Crippen LogP contribution is 2.24. The third-order valence-electron chi connectivity index (χ3n) is 2.72. The van der Waals surface area contributed by atoms with E-state index in [1.807, 2.05) is 13.0 Å². The number of aryl methyl sites for hydroxylation is 1. The van der Waals surface area contributed by atoms with E-state index < -0.39 is 0 Å². The van der Waals surface area contributed by atoms with Gasteiger partial charge in [0, 0.05) is 23.6 Å². The molecule has 0 aliphatic carbocycles. The zero-order chi connectivity index (χ0) is 9.97. The monoisotopic (exact) mass is 254 g/mol. The van der Waals surface area contributed by atoms with Gasteiger partial charge in [0.15, 0.2) is 0 Å². The number of rotatable bonds is 2. The summed E-state index contributed by atoms with van der Waals surface area (Å²) < 4.78 is 0. The van der Waals surface area contributed by atoms with Crippen LogP contribution in [0.15, 0.2) is 18.2 Å². The van der Waals surface area contributed by atoms with E-state index in [4.69, 9.17) is 0 Å². The SMILES string of the molecule is Cc1cccc(N2CCCC2CBr)n1. The predicted molar refractivity (Wildman–Crippen MR) is 63.1 cm³/mol. The third-order valence-corrected chi connectivity index (χ3v) is 3.47. The quantitative estimate of drug-likeness (QED) is 0.755. The first kappa shape index (κ1) is 9.97. The van der Waals surface area contributed by atoms with Crippen molar-refractivity contribution in [3.8, 4) is 0 Å². The van der Waals surface area contributed by atoms with Crippen LogP contribution >= 0.6 is 15.9 Å². The average molecular weight is 255 g/mol. The molecule has 1 fully saturated rings. The molecule has 14 heavy (non-hydrogen) atoms. The van der Waals surface area contributed by atoms with Crippen molar-refractivity contribution in [1.82, 2.24) is 4.98 Å². The summed E-state index contributed by atoms with van der Waals surface area (Å²) in [4.78, 5) is 6.96. The van der Waals surface area contributed by atoms with E-state index >= 15 is 0 Å². The summed E-state index contributed by atoms with van der Waals surface area (Å²) in [6, 6.07) is 6.86. The van der Waals surface area contributed by atoms with Gasteiger partial charge in [-0.15, -0.1) is 0 Å². The maximum Gasteiger partial charge on any atom is 0.129 e. The molecule has 2 heterocycles. The van der Waals surface area contributed by atoms with Gasteiger partial charge in [-0.2, -0.15) is 0 Å². The molecule has 1 unspecified atom stereocenters. The van der Waals surface area contributed by atoms with Crippen LogP contribution in [0.4, 0.5) is 5.82 Å². The highest BCUT2D eigenvalue weighted by atomic mass is 79.9. The molecule has 1 saturated heterocycles. The molecule has 1 aromatic rings. The normalized spacial score (nSPS) is 21.6. The van der Waals surface area contributed by atoms with Crippen LogP contribution in [-0.4, -0.2) is 22.9 Å². The molecule has 0 N–H and O–H groups in total. The van der Waals surface area contributed by atoms with Crippen LogP contribution in [-0.2, 0) is 0 Å². The van der Waals surface area contributed by atoms with Gasteiger partial charge >= 0.3 is 0 Å². The Bertz CT molecular complexity index is 314. The number of halogens is 1. The molecule has 2 rings (SSSR count). The standard InChI is InChI=1S/C11H15BrN2/c1-9-4-2-6-11(13-9)14-7-3-5-10(14)8-12/h2,4,6,10H,3,5,7-8H2,1H3. The summed E-state index contributed by atoms with van der Waals surface area (Å²) in [7, 11) is 0. The van der Waals surface area contributed by atoms with Crippen molar-refractivity contribution in [2.24, 2.45) is 0 Å². The lowest BCUT2D eigenvalue weighted by molar-refractivity contribution is 0.740. The van der Waals surface area contributed by atoms with E-state index in [-0.39, 0.29) is 0 Å². The van der Waals surface area contributed by atoms with Crippen LogP contribution in [0.25, 0.3) is 0 Å². The van der Waals surface area contributed by atoms with Gasteiger partial charge in [-0.3, -0.25) is 0 Å². The lowest BCUT2D eigenvalue weighted by Gasteiger charge is -2.24. The first-order chi connectivity index (χ1) is 6.81. The van der Waals surface area contributed by atoms with Gasteiger partial charge in [0.05, 0.1) is 0 Å². The Morgan fingerprint density at radius 2 is 2.43 bits per heavy atom. The summed E-state index contributed by atoms with van der Waals surface area (Å²) >= 11 is 3.56. The predicted octanol–water partition coefficient (Wildman–Crippen LogP) is 2.75. The lowest BCUT2D eigenvalue weighted by atomic mass is 10.2. The van der Waals surface area contributed by atoms with Crippen molar-refractivity contribution in [2.75, 3.05) is 16.8 Å². The first-order valence-electron chi connectivity index (χ1n) is 5.07. The number of pyridine rings is 1. The minimum absolute atomic E-state index is 0.629. The van der Waals surface area contributed by atoms with Crippen molar-refractivity contribution in [3.63, 3.8) is 0 Å². The zero-order valence-corrected chi connectivity index (χ0v) is 10.00. The first-order valence-corrected chi connectivity index (χ1v) is 6.19. The summed E-state index contributed by atoms with van der Waals surface area (Å²) in [5.74, 6) is 1.13. The second kappa shape index (κ2) is 4.30. The van der Waals surface area contributed by atoms with E-state index in [9.17, 15) is 0 Å². The average Bonchev–Trinajstić information content (AvgIpc) is 2.65. The third kappa shape index (κ3) is 1.92. The highest BCUT2D eigenvalue weighted by Gasteiger charge is 2.24. The molecule has 0 spiro atoms. The second-order valence-corrected chi connectivity index (χ2v) is 4.43. The molecule has 0 radical (unpaired) electrons. The van der Waals surface area contributed by atoms with E-state index in [1.54, 1.807) is 0 Å². The number of alkyl halides is 1. The van der Waals surface area contributed by atoms with Crippen molar-refractivity contribution in [1.29, 1.82) is 0 Å². The maximum atomic E-state index is 4.56. The van der Waals surface area contributed by atoms with E-state index in [2.05, 4.69) is 37.9 Å². The smallest absolute Gasteiger partial charge is 0.129 e. The fourth-order valence-corrected chi connectivity index (χ4v) is 2.66. The van der Waals surface area contributed by atoms with Gasteiger partial charge in [0.1, 0.15) is 5.82 Å². The molecule has 76 valence electrons. The molecule has 0 amide bonds. The van der Waals surface area contributed by atoms with Crippen molar-refractivity contribution < 1.29 is 0 Å². The number of hydrogen-bond acceptors (Lipinski definition) is 2. The van der Waals surface area contributed by atoms with Crippen LogP contribution < -0.4 is 4.90 Å². The van der Waals surface area contributed by atoms with Crippen molar-refractivity contribution in [3.05, 3.63) is 23.9 Å². The molecular formula is C11H15BrN2. The number of anilines is 1. The van der Waals surface area contributed by atoms with Gasteiger partial charge in [-0.1, -0.05) is 22.0 Å². The van der Waals surface area contributed by atoms with Crippen molar-refractivity contribution in [2.45, 2.75) is 25.8 Å². The Kier molecular flexibility index (Phi) is 3.06. The van der Waals surface area contributed by atoms with Gasteiger partial charge < -0.3 is 4.90 Å². The lowest BCUT2D eigenvalue weighted by Crippen LogP contribution is -2.31. The minimum atomic E-state index is 0.629. The molecule has 1 atom stereocenters. The summed E-state index contributed by atoms with van der Waals surface area (Å²) in [6.07, 6.45) is 2.56. The second-order valence-electron chi connectivity index (χ2n) is 3.78. The van der Waals surface area contributed by atoms with E-state index in [0.717, 1.165) is 23.4 Å². The van der Waals surface area contributed by atoms with E-state index in [0.29, 0.717) is 6.04 Å². The molecule has 0 saturated carbocycles. The van der Waals surface area contributed by atoms with Crippen LogP contribution in [0.5, 0.6) is 0 Å². The fraction of sp³-hybridized carbons (Fsp3) is 0.545. The van der Waals surface area contributed by atoms with Crippen molar-refractivity contribution >= 4 is 21.7 Å². The Balaban J connectivity index is 2.21. The number of hydrogen-bond donors (Lipinski definition) is 0. The molecule has 3 heteroatoms.